The lowest BCUT2D eigenvalue weighted by Gasteiger charge is -2.06. The van der Waals surface area contributed by atoms with Gasteiger partial charge < -0.3 is 5.32 Å². The lowest BCUT2D eigenvalue weighted by molar-refractivity contribution is 0.102. The smallest absolute Gasteiger partial charge is 0.258 e. The number of carbonyl (C=O) groups excluding carboxylic acids is 1. The van der Waals surface area contributed by atoms with Gasteiger partial charge in [0.05, 0.1) is 5.56 Å². The van der Waals surface area contributed by atoms with E-state index in [1.165, 1.54) is 18.3 Å². The summed E-state index contributed by atoms with van der Waals surface area (Å²) in [5.74, 6) is -2.35. The highest BCUT2D eigenvalue weighted by Crippen LogP contribution is 2.15. The fourth-order valence-corrected chi connectivity index (χ4v) is 1.53. The van der Waals surface area contributed by atoms with Crippen molar-refractivity contribution in [2.45, 2.75) is 0 Å². The fraction of sp³-hybridized carbons (Fsp3) is 0. The summed E-state index contributed by atoms with van der Waals surface area (Å²) in [5.41, 5.74) is 0.132. The minimum absolute atomic E-state index is 0.201. The fourth-order valence-electron chi connectivity index (χ4n) is 1.35. The SMILES string of the molecule is O=C(Nc1ccnc(Cl)c1)c1ccc(F)cc1F. The normalized spacial score (nSPS) is 10.2. The van der Waals surface area contributed by atoms with E-state index in [0.717, 1.165) is 12.1 Å². The maximum Gasteiger partial charge on any atom is 0.258 e. The molecule has 3 nitrogen and oxygen atoms in total. The van der Waals surface area contributed by atoms with Crippen LogP contribution in [-0.4, -0.2) is 10.9 Å². The van der Waals surface area contributed by atoms with Gasteiger partial charge in [-0.1, -0.05) is 11.6 Å². The Bertz CT molecular complexity index is 604. The molecule has 1 aromatic heterocycles. The molecule has 0 saturated heterocycles. The van der Waals surface area contributed by atoms with E-state index in [1.54, 1.807) is 0 Å². The van der Waals surface area contributed by atoms with Gasteiger partial charge in [-0.05, 0) is 24.3 Å². The number of hydrogen-bond donors (Lipinski definition) is 1. The van der Waals surface area contributed by atoms with Crippen molar-refractivity contribution in [1.82, 2.24) is 4.98 Å². The van der Waals surface area contributed by atoms with Crippen LogP contribution in [0.1, 0.15) is 10.4 Å². The van der Waals surface area contributed by atoms with Crippen molar-refractivity contribution in [3.63, 3.8) is 0 Å². The van der Waals surface area contributed by atoms with Crippen LogP contribution in [0.15, 0.2) is 36.5 Å². The van der Waals surface area contributed by atoms with Crippen molar-refractivity contribution in [3.8, 4) is 0 Å². The molecule has 0 radical (unpaired) electrons. The van der Waals surface area contributed by atoms with Gasteiger partial charge in [-0.2, -0.15) is 0 Å². The van der Waals surface area contributed by atoms with Gasteiger partial charge in [0, 0.05) is 18.0 Å². The van der Waals surface area contributed by atoms with Gasteiger partial charge in [0.25, 0.3) is 5.91 Å². The highest BCUT2D eigenvalue weighted by Gasteiger charge is 2.12. The molecular weight excluding hydrogens is 262 g/mol. The number of anilines is 1. The summed E-state index contributed by atoms with van der Waals surface area (Å²) in [6, 6.07) is 5.65. The van der Waals surface area contributed by atoms with E-state index in [-0.39, 0.29) is 10.7 Å². The number of nitrogens with zero attached hydrogens (tertiary/aromatic N) is 1. The Morgan fingerprint density at radius 3 is 2.67 bits per heavy atom. The van der Waals surface area contributed by atoms with Crippen LogP contribution < -0.4 is 5.32 Å². The van der Waals surface area contributed by atoms with Crippen LogP contribution in [0.2, 0.25) is 5.15 Å². The molecule has 1 N–H and O–H groups in total. The van der Waals surface area contributed by atoms with E-state index in [4.69, 9.17) is 11.6 Å². The van der Waals surface area contributed by atoms with E-state index in [0.29, 0.717) is 11.8 Å². The molecule has 0 aliphatic carbocycles. The van der Waals surface area contributed by atoms with Gasteiger partial charge in [-0.15, -0.1) is 0 Å². The second-order valence-electron chi connectivity index (χ2n) is 3.45. The third-order valence-corrected chi connectivity index (χ3v) is 2.37. The molecule has 92 valence electrons. The number of carbonyl (C=O) groups is 1. The quantitative estimate of drug-likeness (QED) is 0.850. The van der Waals surface area contributed by atoms with E-state index in [2.05, 4.69) is 10.3 Å². The van der Waals surface area contributed by atoms with Crippen molar-refractivity contribution in [2.75, 3.05) is 5.32 Å². The Morgan fingerprint density at radius 1 is 1.22 bits per heavy atom. The third kappa shape index (κ3) is 2.81. The molecule has 1 heterocycles. The van der Waals surface area contributed by atoms with E-state index >= 15 is 0 Å². The van der Waals surface area contributed by atoms with Gasteiger partial charge in [0.2, 0.25) is 0 Å². The van der Waals surface area contributed by atoms with Gasteiger partial charge >= 0.3 is 0 Å². The zero-order valence-electron chi connectivity index (χ0n) is 8.95. The van der Waals surface area contributed by atoms with E-state index in [1.807, 2.05) is 0 Å². The highest BCUT2D eigenvalue weighted by molar-refractivity contribution is 6.29. The van der Waals surface area contributed by atoms with Crippen molar-refractivity contribution in [2.24, 2.45) is 0 Å². The minimum Gasteiger partial charge on any atom is -0.322 e. The number of hydrogen-bond acceptors (Lipinski definition) is 2. The molecule has 0 aliphatic rings. The number of nitrogens with one attached hydrogen (secondary N) is 1. The molecule has 1 amide bonds. The van der Waals surface area contributed by atoms with E-state index < -0.39 is 17.5 Å². The number of pyridine rings is 1. The molecule has 0 atom stereocenters. The van der Waals surface area contributed by atoms with Gasteiger partial charge in [0.1, 0.15) is 16.8 Å². The van der Waals surface area contributed by atoms with Crippen molar-refractivity contribution >= 4 is 23.2 Å². The van der Waals surface area contributed by atoms with E-state index in [9.17, 15) is 13.6 Å². The van der Waals surface area contributed by atoms with Crippen LogP contribution in [0.4, 0.5) is 14.5 Å². The molecule has 0 unspecified atom stereocenters. The first-order chi connectivity index (χ1) is 8.56. The summed E-state index contributed by atoms with van der Waals surface area (Å²) in [4.78, 5) is 15.5. The standard InChI is InChI=1S/C12H7ClF2N2O/c13-11-6-8(3-4-16-11)17-12(18)9-2-1-7(14)5-10(9)15/h1-6H,(H,16,17,18). The zero-order valence-corrected chi connectivity index (χ0v) is 9.71. The van der Waals surface area contributed by atoms with Crippen LogP contribution in [0.3, 0.4) is 0 Å². The van der Waals surface area contributed by atoms with Crippen LogP contribution in [0.25, 0.3) is 0 Å². The largest absolute Gasteiger partial charge is 0.322 e. The molecule has 6 heteroatoms. The first-order valence-corrected chi connectivity index (χ1v) is 5.32. The highest BCUT2D eigenvalue weighted by atomic mass is 35.5. The van der Waals surface area contributed by atoms with Crippen LogP contribution in [0, 0.1) is 11.6 Å². The topological polar surface area (TPSA) is 42.0 Å². The number of aromatic nitrogens is 1. The summed E-state index contributed by atoms with van der Waals surface area (Å²) in [5, 5.41) is 2.63. The van der Waals surface area contributed by atoms with Gasteiger partial charge in [0.15, 0.2) is 0 Å². The molecule has 1 aromatic carbocycles. The predicted molar refractivity (Wildman–Crippen MR) is 63.6 cm³/mol. The molecule has 18 heavy (non-hydrogen) atoms. The Morgan fingerprint density at radius 2 is 2.00 bits per heavy atom. The van der Waals surface area contributed by atoms with Gasteiger partial charge in [-0.25, -0.2) is 13.8 Å². The summed E-state index contributed by atoms with van der Waals surface area (Å²) < 4.78 is 26.0. The zero-order chi connectivity index (χ0) is 13.1. The first-order valence-electron chi connectivity index (χ1n) is 4.94. The average Bonchev–Trinajstić information content (AvgIpc) is 2.28. The third-order valence-electron chi connectivity index (χ3n) is 2.16. The number of benzene rings is 1. The maximum absolute atomic E-state index is 13.3. The summed E-state index contributed by atoms with van der Waals surface area (Å²) >= 11 is 5.64. The van der Waals surface area contributed by atoms with Crippen molar-refractivity contribution in [3.05, 3.63) is 58.9 Å². The Hall–Kier alpha value is -2.01. The van der Waals surface area contributed by atoms with Crippen LogP contribution in [-0.2, 0) is 0 Å². The number of rotatable bonds is 2. The summed E-state index contributed by atoms with van der Waals surface area (Å²) in [7, 11) is 0. The first kappa shape index (κ1) is 12.4. The molecule has 2 aromatic rings. The lowest BCUT2D eigenvalue weighted by atomic mass is 10.2. The summed E-state index contributed by atoms with van der Waals surface area (Å²) in [6.07, 6.45) is 1.40. The lowest BCUT2D eigenvalue weighted by Crippen LogP contribution is -2.13. The second kappa shape index (κ2) is 5.10. The minimum atomic E-state index is -0.923. The molecule has 0 saturated carbocycles. The number of amides is 1. The molecule has 0 bridgehead atoms. The number of halogens is 3. The maximum atomic E-state index is 13.3. The summed E-state index contributed by atoms with van der Waals surface area (Å²) in [6.45, 7) is 0. The van der Waals surface area contributed by atoms with Gasteiger partial charge in [-0.3, -0.25) is 4.79 Å². The van der Waals surface area contributed by atoms with Crippen molar-refractivity contribution < 1.29 is 13.6 Å². The molecule has 0 aliphatic heterocycles. The average molecular weight is 269 g/mol. The Kier molecular flexibility index (Phi) is 3.53. The van der Waals surface area contributed by atoms with Crippen LogP contribution in [0.5, 0.6) is 0 Å². The predicted octanol–water partition coefficient (Wildman–Crippen LogP) is 3.27. The van der Waals surface area contributed by atoms with Crippen molar-refractivity contribution in [1.29, 1.82) is 0 Å². The Balaban J connectivity index is 2.22. The monoisotopic (exact) mass is 268 g/mol. The molecule has 0 spiro atoms. The molecule has 0 fully saturated rings. The van der Waals surface area contributed by atoms with Crippen LogP contribution >= 0.6 is 11.6 Å². The molecular formula is C12H7ClF2N2O. The Labute approximate surface area is 106 Å². The molecule has 2 rings (SSSR count). The second-order valence-corrected chi connectivity index (χ2v) is 3.83.